The standard InChI is InChI=1S/C16H13ClFN3O2S2/c17-16-20-10-12(24-16)9-19-11-5-7-13(8-6-11)25(22,23)21-15-4-2-1-3-14(15)18/h1-8,10,19,21H,9H2. The van der Waals surface area contributed by atoms with Crippen LogP contribution in [0.25, 0.3) is 0 Å². The fourth-order valence-corrected chi connectivity index (χ4v) is 4.04. The van der Waals surface area contributed by atoms with Gasteiger partial charge in [-0.25, -0.2) is 17.8 Å². The lowest BCUT2D eigenvalue weighted by Gasteiger charge is -2.10. The topological polar surface area (TPSA) is 71.1 Å². The molecule has 0 saturated carbocycles. The molecule has 0 unspecified atom stereocenters. The Morgan fingerprint density at radius 1 is 1.12 bits per heavy atom. The van der Waals surface area contributed by atoms with Gasteiger partial charge in [0.2, 0.25) is 0 Å². The Labute approximate surface area is 153 Å². The molecular weight excluding hydrogens is 385 g/mol. The highest BCUT2D eigenvalue weighted by Gasteiger charge is 2.15. The van der Waals surface area contributed by atoms with Crippen molar-refractivity contribution in [2.24, 2.45) is 0 Å². The van der Waals surface area contributed by atoms with Crippen LogP contribution in [0.3, 0.4) is 0 Å². The maximum Gasteiger partial charge on any atom is 0.261 e. The molecule has 0 atom stereocenters. The van der Waals surface area contributed by atoms with E-state index < -0.39 is 15.8 Å². The molecular formula is C16H13ClFN3O2S2. The molecule has 3 aromatic rings. The minimum atomic E-state index is -3.86. The molecule has 0 saturated heterocycles. The molecule has 0 aliphatic heterocycles. The molecule has 1 heterocycles. The maximum atomic E-state index is 13.6. The number of benzene rings is 2. The third-order valence-corrected chi connectivity index (χ3v) is 5.77. The second-order valence-electron chi connectivity index (χ2n) is 5.04. The van der Waals surface area contributed by atoms with Crippen molar-refractivity contribution < 1.29 is 12.8 Å². The van der Waals surface area contributed by atoms with Gasteiger partial charge in [-0.15, -0.1) is 11.3 Å². The number of para-hydroxylation sites is 1. The Kier molecular flexibility index (Phi) is 5.22. The number of hydrogen-bond acceptors (Lipinski definition) is 5. The predicted octanol–water partition coefficient (Wildman–Crippen LogP) is 4.35. The maximum absolute atomic E-state index is 13.6. The van der Waals surface area contributed by atoms with Gasteiger partial charge in [-0.3, -0.25) is 4.72 Å². The quantitative estimate of drug-likeness (QED) is 0.648. The molecule has 0 radical (unpaired) electrons. The molecule has 0 fully saturated rings. The molecule has 3 rings (SSSR count). The molecule has 1 aromatic heterocycles. The number of hydrogen-bond donors (Lipinski definition) is 2. The number of anilines is 2. The van der Waals surface area contributed by atoms with Crippen molar-refractivity contribution in [3.63, 3.8) is 0 Å². The number of nitrogens with zero attached hydrogens (tertiary/aromatic N) is 1. The van der Waals surface area contributed by atoms with Gasteiger partial charge < -0.3 is 5.32 Å². The largest absolute Gasteiger partial charge is 0.380 e. The average Bonchev–Trinajstić information content (AvgIpc) is 3.01. The number of aromatic nitrogens is 1. The first-order valence-corrected chi connectivity index (χ1v) is 9.83. The number of halogens is 2. The van der Waals surface area contributed by atoms with Crippen LogP contribution in [0, 0.1) is 5.82 Å². The highest BCUT2D eigenvalue weighted by molar-refractivity contribution is 7.92. The van der Waals surface area contributed by atoms with Gasteiger partial charge in [0, 0.05) is 16.8 Å². The van der Waals surface area contributed by atoms with Crippen LogP contribution in [0.2, 0.25) is 4.47 Å². The van der Waals surface area contributed by atoms with Gasteiger partial charge in [0.15, 0.2) is 4.47 Å². The molecule has 5 nitrogen and oxygen atoms in total. The normalized spacial score (nSPS) is 11.3. The van der Waals surface area contributed by atoms with Gasteiger partial charge in [0.25, 0.3) is 10.0 Å². The van der Waals surface area contributed by atoms with Crippen molar-refractivity contribution in [2.45, 2.75) is 11.4 Å². The summed E-state index contributed by atoms with van der Waals surface area (Å²) in [5.41, 5.74) is 0.654. The van der Waals surface area contributed by atoms with E-state index in [4.69, 9.17) is 11.6 Å². The van der Waals surface area contributed by atoms with Crippen LogP contribution in [0.4, 0.5) is 15.8 Å². The van der Waals surface area contributed by atoms with E-state index in [1.165, 1.54) is 41.7 Å². The van der Waals surface area contributed by atoms with E-state index in [1.54, 1.807) is 24.4 Å². The van der Waals surface area contributed by atoms with Gasteiger partial charge in [0.05, 0.1) is 17.1 Å². The molecule has 0 aliphatic rings. The molecule has 130 valence electrons. The number of thiazole rings is 1. The molecule has 0 aliphatic carbocycles. The molecule has 25 heavy (non-hydrogen) atoms. The van der Waals surface area contributed by atoms with Gasteiger partial charge in [-0.1, -0.05) is 23.7 Å². The predicted molar refractivity (Wildman–Crippen MR) is 98.1 cm³/mol. The summed E-state index contributed by atoms with van der Waals surface area (Å²) >= 11 is 7.14. The van der Waals surface area contributed by atoms with E-state index in [9.17, 15) is 12.8 Å². The third-order valence-electron chi connectivity index (χ3n) is 3.27. The van der Waals surface area contributed by atoms with Gasteiger partial charge in [0.1, 0.15) is 5.82 Å². The zero-order valence-corrected chi connectivity index (χ0v) is 15.1. The van der Waals surface area contributed by atoms with E-state index in [0.717, 1.165) is 10.6 Å². The second kappa shape index (κ2) is 7.38. The van der Waals surface area contributed by atoms with Crippen LogP contribution in [0.15, 0.2) is 59.6 Å². The fraction of sp³-hybridized carbons (Fsp3) is 0.0625. The third kappa shape index (κ3) is 4.47. The molecule has 2 aromatic carbocycles. The van der Waals surface area contributed by atoms with Crippen molar-refractivity contribution in [3.8, 4) is 0 Å². The molecule has 0 bridgehead atoms. The fourth-order valence-electron chi connectivity index (χ4n) is 2.05. The zero-order valence-electron chi connectivity index (χ0n) is 12.7. The van der Waals surface area contributed by atoms with Gasteiger partial charge >= 0.3 is 0 Å². The SMILES string of the molecule is O=S(=O)(Nc1ccccc1F)c1ccc(NCc2cnc(Cl)s2)cc1. The van der Waals surface area contributed by atoms with E-state index in [-0.39, 0.29) is 10.6 Å². The molecule has 9 heteroatoms. The lowest BCUT2D eigenvalue weighted by molar-refractivity contribution is 0.598. The lowest BCUT2D eigenvalue weighted by atomic mass is 10.3. The van der Waals surface area contributed by atoms with Crippen molar-refractivity contribution in [1.82, 2.24) is 4.98 Å². The Bertz CT molecular complexity index is 975. The van der Waals surface area contributed by atoms with Gasteiger partial charge in [-0.2, -0.15) is 0 Å². The number of rotatable bonds is 6. The summed E-state index contributed by atoms with van der Waals surface area (Å²) in [7, 11) is -3.86. The smallest absolute Gasteiger partial charge is 0.261 e. The minimum Gasteiger partial charge on any atom is -0.380 e. The van der Waals surface area contributed by atoms with Crippen LogP contribution < -0.4 is 10.0 Å². The van der Waals surface area contributed by atoms with E-state index in [2.05, 4.69) is 15.0 Å². The van der Waals surface area contributed by atoms with Crippen molar-refractivity contribution in [3.05, 3.63) is 69.9 Å². The summed E-state index contributed by atoms with van der Waals surface area (Å²) in [6, 6.07) is 11.8. The summed E-state index contributed by atoms with van der Waals surface area (Å²) in [4.78, 5) is 4.95. The van der Waals surface area contributed by atoms with Crippen LogP contribution in [-0.2, 0) is 16.6 Å². The van der Waals surface area contributed by atoms with Crippen LogP contribution in [-0.4, -0.2) is 13.4 Å². The Morgan fingerprint density at radius 2 is 1.84 bits per heavy atom. The molecule has 2 N–H and O–H groups in total. The average molecular weight is 398 g/mol. The van der Waals surface area contributed by atoms with Crippen LogP contribution in [0.5, 0.6) is 0 Å². The summed E-state index contributed by atoms with van der Waals surface area (Å²) in [6.07, 6.45) is 1.68. The van der Waals surface area contributed by atoms with E-state index >= 15 is 0 Å². The Morgan fingerprint density at radius 3 is 2.48 bits per heavy atom. The zero-order chi connectivity index (χ0) is 17.9. The highest BCUT2D eigenvalue weighted by atomic mass is 35.5. The summed E-state index contributed by atoms with van der Waals surface area (Å²) < 4.78 is 41.0. The first-order chi connectivity index (χ1) is 11.9. The van der Waals surface area contributed by atoms with Crippen molar-refractivity contribution in [1.29, 1.82) is 0 Å². The molecule has 0 amide bonds. The first kappa shape index (κ1) is 17.7. The Hall–Kier alpha value is -2.16. The van der Waals surface area contributed by atoms with Gasteiger partial charge in [-0.05, 0) is 36.4 Å². The summed E-state index contributed by atoms with van der Waals surface area (Å²) in [5, 5.41) is 3.15. The first-order valence-electron chi connectivity index (χ1n) is 7.15. The molecule has 0 spiro atoms. The van der Waals surface area contributed by atoms with E-state index in [0.29, 0.717) is 11.0 Å². The number of nitrogens with one attached hydrogen (secondary N) is 2. The second-order valence-corrected chi connectivity index (χ2v) is 8.42. The van der Waals surface area contributed by atoms with Crippen molar-refractivity contribution in [2.75, 3.05) is 10.0 Å². The Balaban J connectivity index is 1.69. The summed E-state index contributed by atoms with van der Waals surface area (Å²) in [5.74, 6) is -0.632. The summed E-state index contributed by atoms with van der Waals surface area (Å²) in [6.45, 7) is 0.532. The number of sulfonamides is 1. The van der Waals surface area contributed by atoms with E-state index in [1.807, 2.05) is 0 Å². The minimum absolute atomic E-state index is 0.0436. The monoisotopic (exact) mass is 397 g/mol. The van der Waals surface area contributed by atoms with Crippen LogP contribution in [0.1, 0.15) is 4.88 Å². The van der Waals surface area contributed by atoms with Crippen LogP contribution >= 0.6 is 22.9 Å². The van der Waals surface area contributed by atoms with Crippen molar-refractivity contribution >= 4 is 44.3 Å². The lowest BCUT2D eigenvalue weighted by Crippen LogP contribution is -2.14. The highest BCUT2D eigenvalue weighted by Crippen LogP contribution is 2.22.